The van der Waals surface area contributed by atoms with Crippen LogP contribution in [-0.4, -0.2) is 44.0 Å². The number of nitrogens with zero attached hydrogens (tertiary/aromatic N) is 1. The largest absolute Gasteiger partial charge is 0.416 e. The van der Waals surface area contributed by atoms with Crippen LogP contribution < -0.4 is 5.32 Å². The molecular formula is C26H31F3N2O3. The second kappa shape index (κ2) is 9.58. The zero-order chi connectivity index (χ0) is 24.6. The van der Waals surface area contributed by atoms with Gasteiger partial charge < -0.3 is 19.7 Å². The standard InChI is InChI=1S/C26H31F3N2O3/c1-15-9-18(11-20(10-15)26(27,28)29)17(3)34-24-23(21-8-6-5-7-16(21)2)22-13-31(25(32)30-4)12-19(22)14-33-24/h5-11,17,19,22-24H,12-14H2,1-4H3,(H,30,32)/t17-,19+,22-,23+,24-/m1/s1. The van der Waals surface area contributed by atoms with E-state index in [2.05, 4.69) is 5.32 Å². The summed E-state index contributed by atoms with van der Waals surface area (Å²) in [5.41, 5.74) is 2.46. The number of likely N-dealkylation sites (tertiary alicyclic amines) is 1. The van der Waals surface area contributed by atoms with Crippen LogP contribution in [-0.2, 0) is 15.7 Å². The third kappa shape index (κ3) is 4.93. The van der Waals surface area contributed by atoms with E-state index >= 15 is 0 Å². The van der Waals surface area contributed by atoms with Gasteiger partial charge in [-0.3, -0.25) is 0 Å². The average molecular weight is 477 g/mol. The second-order valence-electron chi connectivity index (χ2n) is 9.38. The summed E-state index contributed by atoms with van der Waals surface area (Å²) in [6.45, 7) is 7.03. The van der Waals surface area contributed by atoms with Crippen LogP contribution in [0.5, 0.6) is 0 Å². The number of carbonyl (C=O) groups excluding carboxylic acids is 1. The van der Waals surface area contributed by atoms with E-state index in [1.165, 1.54) is 0 Å². The first kappa shape index (κ1) is 24.5. The maximum Gasteiger partial charge on any atom is 0.416 e. The SMILES string of the molecule is CNC(=O)N1C[C@H]2CO[C@H](O[C@H](C)c3cc(C)cc(C(F)(F)F)c3)[C@@H](c3ccccc3C)[C@@H]2C1. The molecule has 0 unspecified atom stereocenters. The molecule has 2 aromatic rings. The Morgan fingerprint density at radius 3 is 2.59 bits per heavy atom. The minimum atomic E-state index is -4.42. The predicted octanol–water partition coefficient (Wildman–Crippen LogP) is 5.43. The van der Waals surface area contributed by atoms with Gasteiger partial charge in [0.1, 0.15) is 0 Å². The van der Waals surface area contributed by atoms with Crippen LogP contribution >= 0.6 is 0 Å². The minimum Gasteiger partial charge on any atom is -0.352 e. The van der Waals surface area contributed by atoms with Gasteiger partial charge in [0.05, 0.1) is 18.3 Å². The molecule has 34 heavy (non-hydrogen) atoms. The molecule has 184 valence electrons. The molecule has 0 bridgehead atoms. The molecule has 0 spiro atoms. The number of nitrogens with one attached hydrogen (secondary N) is 1. The van der Waals surface area contributed by atoms with Gasteiger partial charge in [-0.25, -0.2) is 4.79 Å². The number of urea groups is 1. The number of amides is 2. The fraction of sp³-hybridized carbons (Fsp3) is 0.500. The number of alkyl halides is 3. The summed E-state index contributed by atoms with van der Waals surface area (Å²) in [5, 5.41) is 2.69. The Kier molecular flexibility index (Phi) is 6.92. The van der Waals surface area contributed by atoms with E-state index in [4.69, 9.17) is 9.47 Å². The molecule has 0 saturated carbocycles. The molecule has 2 amide bonds. The van der Waals surface area contributed by atoms with Gasteiger partial charge >= 0.3 is 12.2 Å². The molecule has 2 saturated heterocycles. The zero-order valence-electron chi connectivity index (χ0n) is 19.9. The fourth-order valence-electron chi connectivity index (χ4n) is 5.28. The van der Waals surface area contributed by atoms with Crippen molar-refractivity contribution in [3.05, 3.63) is 70.3 Å². The molecule has 5 nitrogen and oxygen atoms in total. The fourth-order valence-corrected chi connectivity index (χ4v) is 5.28. The molecule has 2 aromatic carbocycles. The van der Waals surface area contributed by atoms with Crippen LogP contribution in [0.3, 0.4) is 0 Å². The van der Waals surface area contributed by atoms with E-state index in [0.717, 1.165) is 23.3 Å². The van der Waals surface area contributed by atoms with Crippen LogP contribution in [0.25, 0.3) is 0 Å². The van der Waals surface area contributed by atoms with E-state index in [-0.39, 0.29) is 23.8 Å². The molecule has 0 aromatic heterocycles. The van der Waals surface area contributed by atoms with Gasteiger partial charge in [-0.1, -0.05) is 35.9 Å². The van der Waals surface area contributed by atoms with Crippen molar-refractivity contribution in [2.45, 2.75) is 45.3 Å². The number of fused-ring (bicyclic) bond motifs is 1. The van der Waals surface area contributed by atoms with E-state index < -0.39 is 24.1 Å². The van der Waals surface area contributed by atoms with Gasteiger partial charge in [0.15, 0.2) is 6.29 Å². The van der Waals surface area contributed by atoms with Gasteiger partial charge in [-0.2, -0.15) is 13.2 Å². The summed E-state index contributed by atoms with van der Waals surface area (Å²) in [6, 6.07) is 11.9. The van der Waals surface area contributed by atoms with Crippen LogP contribution in [0.15, 0.2) is 42.5 Å². The first-order valence-electron chi connectivity index (χ1n) is 11.6. The maximum atomic E-state index is 13.4. The topological polar surface area (TPSA) is 50.8 Å². The lowest BCUT2D eigenvalue weighted by Gasteiger charge is -2.41. The van der Waals surface area contributed by atoms with Crippen LogP contribution in [0, 0.1) is 25.7 Å². The summed E-state index contributed by atoms with van der Waals surface area (Å²) >= 11 is 0. The van der Waals surface area contributed by atoms with Crippen molar-refractivity contribution in [3.8, 4) is 0 Å². The third-order valence-electron chi connectivity index (χ3n) is 7.00. The van der Waals surface area contributed by atoms with E-state index in [9.17, 15) is 18.0 Å². The van der Waals surface area contributed by atoms with Crippen molar-refractivity contribution in [2.24, 2.45) is 11.8 Å². The highest BCUT2D eigenvalue weighted by atomic mass is 19.4. The highest BCUT2D eigenvalue weighted by Gasteiger charge is 2.48. The summed E-state index contributed by atoms with van der Waals surface area (Å²) in [6.07, 6.45) is -5.67. The molecule has 2 aliphatic heterocycles. The van der Waals surface area contributed by atoms with Crippen LogP contribution in [0.1, 0.15) is 46.8 Å². The quantitative estimate of drug-likeness (QED) is 0.641. The van der Waals surface area contributed by atoms with Gasteiger partial charge in [0.2, 0.25) is 0 Å². The van der Waals surface area contributed by atoms with Gasteiger partial charge in [0, 0.05) is 32.0 Å². The maximum absolute atomic E-state index is 13.4. The summed E-state index contributed by atoms with van der Waals surface area (Å²) < 4.78 is 52.7. The smallest absolute Gasteiger partial charge is 0.352 e. The minimum absolute atomic E-state index is 0.118. The van der Waals surface area contributed by atoms with Crippen molar-refractivity contribution in [1.29, 1.82) is 0 Å². The molecule has 0 radical (unpaired) electrons. The lowest BCUT2D eigenvalue weighted by atomic mass is 9.76. The van der Waals surface area contributed by atoms with Crippen LogP contribution in [0.2, 0.25) is 0 Å². The van der Waals surface area contributed by atoms with Gasteiger partial charge in [0.25, 0.3) is 0 Å². The molecule has 2 aliphatic rings. The number of halogens is 3. The lowest BCUT2D eigenvalue weighted by Crippen LogP contribution is -2.42. The second-order valence-corrected chi connectivity index (χ2v) is 9.38. The van der Waals surface area contributed by atoms with Crippen molar-refractivity contribution >= 4 is 6.03 Å². The van der Waals surface area contributed by atoms with Crippen molar-refractivity contribution in [2.75, 3.05) is 26.7 Å². The predicted molar refractivity (Wildman–Crippen MR) is 122 cm³/mol. The molecule has 2 heterocycles. The van der Waals surface area contributed by atoms with Gasteiger partial charge in [-0.05, 0) is 55.5 Å². The first-order valence-corrected chi connectivity index (χ1v) is 11.6. The first-order chi connectivity index (χ1) is 16.1. The Balaban J connectivity index is 1.64. The Morgan fingerprint density at radius 1 is 1.18 bits per heavy atom. The molecule has 5 atom stereocenters. The zero-order valence-corrected chi connectivity index (χ0v) is 19.9. The summed E-state index contributed by atoms with van der Waals surface area (Å²) in [4.78, 5) is 14.1. The highest BCUT2D eigenvalue weighted by molar-refractivity contribution is 5.74. The molecule has 8 heteroatoms. The summed E-state index contributed by atoms with van der Waals surface area (Å²) in [5.74, 6) is 0.129. The number of rotatable bonds is 4. The van der Waals surface area contributed by atoms with Gasteiger partial charge in [-0.15, -0.1) is 0 Å². The number of ether oxygens (including phenoxy) is 2. The normalized spacial score (nSPS) is 25.7. The van der Waals surface area contributed by atoms with Crippen molar-refractivity contribution < 1.29 is 27.4 Å². The van der Waals surface area contributed by atoms with Crippen LogP contribution in [0.4, 0.5) is 18.0 Å². The monoisotopic (exact) mass is 476 g/mol. The average Bonchev–Trinajstić information content (AvgIpc) is 3.22. The van der Waals surface area contributed by atoms with Crippen molar-refractivity contribution in [3.63, 3.8) is 0 Å². The summed E-state index contributed by atoms with van der Waals surface area (Å²) in [7, 11) is 1.62. The number of carbonyl (C=O) groups is 1. The van der Waals surface area contributed by atoms with Crippen molar-refractivity contribution in [1.82, 2.24) is 10.2 Å². The molecule has 0 aliphatic carbocycles. The highest BCUT2D eigenvalue weighted by Crippen LogP contribution is 2.45. The number of benzene rings is 2. The number of hydrogen-bond donors (Lipinski definition) is 1. The number of hydrogen-bond acceptors (Lipinski definition) is 3. The molecule has 2 fully saturated rings. The molecule has 4 rings (SSSR count). The Morgan fingerprint density at radius 2 is 1.91 bits per heavy atom. The van der Waals surface area contributed by atoms with E-state index in [1.807, 2.05) is 31.2 Å². The Labute approximate surface area is 198 Å². The third-order valence-corrected chi connectivity index (χ3v) is 7.00. The Hall–Kier alpha value is -2.58. The molecule has 1 N–H and O–H groups in total. The lowest BCUT2D eigenvalue weighted by molar-refractivity contribution is -0.217. The Bertz CT molecular complexity index is 1040. The number of aryl methyl sites for hydroxylation is 2. The van der Waals surface area contributed by atoms with E-state index in [1.54, 1.807) is 31.9 Å². The van der Waals surface area contributed by atoms with E-state index in [0.29, 0.717) is 30.8 Å². The molecular weight excluding hydrogens is 445 g/mol.